The third kappa shape index (κ3) is 4.31. The molecule has 1 saturated heterocycles. The fraction of sp³-hybridized carbons (Fsp3) is 0.217. The number of benzene rings is 1. The summed E-state index contributed by atoms with van der Waals surface area (Å²) in [6, 6.07) is 9.57. The number of pyridine rings is 2. The highest BCUT2D eigenvalue weighted by molar-refractivity contribution is 6.35. The molecule has 4 heterocycles. The highest BCUT2D eigenvalue weighted by Crippen LogP contribution is 2.34. The minimum absolute atomic E-state index is 0.00141. The first-order chi connectivity index (χ1) is 16.0. The first-order valence-electron chi connectivity index (χ1n) is 10.4. The summed E-state index contributed by atoms with van der Waals surface area (Å²) in [5.41, 5.74) is 3.18. The Morgan fingerprint density at radius 1 is 1.12 bits per heavy atom. The number of amides is 1. The molecule has 0 radical (unpaired) electrons. The number of nitrogens with one attached hydrogen (secondary N) is 2. The molecule has 1 fully saturated rings. The molecule has 1 aliphatic heterocycles. The van der Waals surface area contributed by atoms with Gasteiger partial charge in [0.15, 0.2) is 0 Å². The number of rotatable bonds is 5. The van der Waals surface area contributed by atoms with Crippen LogP contribution >= 0.6 is 23.2 Å². The van der Waals surface area contributed by atoms with Gasteiger partial charge in [-0.25, -0.2) is 4.98 Å². The van der Waals surface area contributed by atoms with Crippen LogP contribution in [0.25, 0.3) is 22.2 Å². The van der Waals surface area contributed by atoms with Crippen LogP contribution in [0.2, 0.25) is 10.0 Å². The smallest absolute Gasteiger partial charge is 0.239 e. The van der Waals surface area contributed by atoms with E-state index in [4.69, 9.17) is 27.9 Å². The number of hydrogen-bond acceptors (Lipinski definition) is 6. The number of ether oxygens (including phenoxy) is 1. The molecule has 5 rings (SSSR count). The number of carbonyl (C=O) groups excluding carboxylic acids is 1. The summed E-state index contributed by atoms with van der Waals surface area (Å²) in [4.78, 5) is 22.2. The zero-order valence-corrected chi connectivity index (χ0v) is 19.2. The number of halogens is 2. The van der Waals surface area contributed by atoms with E-state index < -0.39 is 0 Å². The van der Waals surface area contributed by atoms with Crippen LogP contribution in [0.3, 0.4) is 0 Å². The number of hydrogen-bond donors (Lipinski definition) is 2. The van der Waals surface area contributed by atoms with Crippen LogP contribution in [0, 0.1) is 0 Å². The number of anilines is 1. The molecule has 33 heavy (non-hydrogen) atoms. The van der Waals surface area contributed by atoms with Gasteiger partial charge >= 0.3 is 0 Å². The van der Waals surface area contributed by atoms with E-state index in [-0.39, 0.29) is 12.0 Å². The minimum atomic E-state index is -0.372. The van der Waals surface area contributed by atoms with Gasteiger partial charge in [-0.05, 0) is 37.3 Å². The average Bonchev–Trinajstić information content (AvgIpc) is 3.22. The Balaban J connectivity index is 1.41. The molecule has 1 aliphatic rings. The monoisotopic (exact) mass is 482 g/mol. The standard InChI is InChI=1S/C23H20Cl2N6O2/c1-13(22-17(24)10-26-11-18(22)25)33-15-3-4-19-16(8-15)23(30-29-19)14-2-5-20(28-9-14)31-7-6-27-21(32)12-31/h2-5,8-11,13H,6-7,12H2,1H3,(H,27,32)(H,29,30). The van der Waals surface area contributed by atoms with Gasteiger partial charge in [-0.2, -0.15) is 5.10 Å². The van der Waals surface area contributed by atoms with E-state index in [0.717, 1.165) is 34.5 Å². The normalized spacial score (nSPS) is 14.9. The van der Waals surface area contributed by atoms with Crippen molar-refractivity contribution in [2.45, 2.75) is 13.0 Å². The minimum Gasteiger partial charge on any atom is -0.486 e. The van der Waals surface area contributed by atoms with Crippen molar-refractivity contribution in [1.82, 2.24) is 25.5 Å². The molecule has 0 saturated carbocycles. The van der Waals surface area contributed by atoms with Crippen LogP contribution in [0.15, 0.2) is 48.9 Å². The van der Waals surface area contributed by atoms with Crippen molar-refractivity contribution in [1.29, 1.82) is 0 Å². The third-order valence-corrected chi connectivity index (χ3v) is 6.13. The summed E-state index contributed by atoms with van der Waals surface area (Å²) in [5, 5.41) is 12.2. The highest BCUT2D eigenvalue weighted by Gasteiger charge is 2.19. The van der Waals surface area contributed by atoms with E-state index in [1.165, 1.54) is 0 Å². The number of H-pyrrole nitrogens is 1. The Morgan fingerprint density at radius 2 is 1.94 bits per heavy atom. The van der Waals surface area contributed by atoms with Crippen molar-refractivity contribution in [3.8, 4) is 17.0 Å². The Bertz CT molecular complexity index is 1300. The summed E-state index contributed by atoms with van der Waals surface area (Å²) < 4.78 is 6.14. The van der Waals surface area contributed by atoms with Gasteiger partial charge in [0.25, 0.3) is 0 Å². The fourth-order valence-electron chi connectivity index (χ4n) is 3.91. The number of nitrogens with zero attached hydrogens (tertiary/aromatic N) is 4. The van der Waals surface area contributed by atoms with Gasteiger partial charge < -0.3 is 15.0 Å². The molecule has 0 spiro atoms. The molecule has 2 N–H and O–H groups in total. The van der Waals surface area contributed by atoms with Crippen LogP contribution in [0.5, 0.6) is 5.75 Å². The first-order valence-corrected chi connectivity index (χ1v) is 11.2. The van der Waals surface area contributed by atoms with Crippen molar-refractivity contribution < 1.29 is 9.53 Å². The summed E-state index contributed by atoms with van der Waals surface area (Å²) in [5.74, 6) is 1.42. The maximum Gasteiger partial charge on any atom is 0.239 e. The predicted molar refractivity (Wildman–Crippen MR) is 128 cm³/mol. The molecule has 1 aromatic carbocycles. The van der Waals surface area contributed by atoms with Crippen molar-refractivity contribution >= 4 is 45.8 Å². The molecule has 1 amide bonds. The lowest BCUT2D eigenvalue weighted by Gasteiger charge is -2.27. The van der Waals surface area contributed by atoms with E-state index in [2.05, 4.69) is 25.5 Å². The lowest BCUT2D eigenvalue weighted by atomic mass is 10.1. The summed E-state index contributed by atoms with van der Waals surface area (Å²) in [6.07, 6.45) is 4.49. The quantitative estimate of drug-likeness (QED) is 0.437. The number of carbonyl (C=O) groups is 1. The largest absolute Gasteiger partial charge is 0.486 e. The molecule has 0 bridgehead atoms. The van der Waals surface area contributed by atoms with E-state index >= 15 is 0 Å². The molecule has 1 atom stereocenters. The van der Waals surface area contributed by atoms with E-state index in [1.54, 1.807) is 18.6 Å². The van der Waals surface area contributed by atoms with Gasteiger partial charge in [0.2, 0.25) is 5.91 Å². The molecular formula is C23H20Cl2N6O2. The van der Waals surface area contributed by atoms with Gasteiger partial charge in [-0.3, -0.25) is 14.9 Å². The number of aromatic nitrogens is 4. The molecule has 1 unspecified atom stereocenters. The maximum absolute atomic E-state index is 11.7. The second-order valence-corrected chi connectivity index (χ2v) is 8.55. The van der Waals surface area contributed by atoms with Gasteiger partial charge in [0.05, 0.1) is 22.1 Å². The fourth-order valence-corrected chi connectivity index (χ4v) is 4.58. The topological polar surface area (TPSA) is 96.0 Å². The molecule has 0 aliphatic carbocycles. The highest BCUT2D eigenvalue weighted by atomic mass is 35.5. The van der Waals surface area contributed by atoms with Gasteiger partial charge in [0, 0.05) is 48.2 Å². The van der Waals surface area contributed by atoms with Crippen LogP contribution in [-0.2, 0) is 4.79 Å². The van der Waals surface area contributed by atoms with Gasteiger partial charge in [-0.15, -0.1) is 0 Å². The van der Waals surface area contributed by atoms with Crippen molar-refractivity contribution in [2.24, 2.45) is 0 Å². The Labute approximate surface area is 199 Å². The van der Waals surface area contributed by atoms with Crippen molar-refractivity contribution in [3.63, 3.8) is 0 Å². The summed E-state index contributed by atoms with van der Waals surface area (Å²) in [6.45, 7) is 3.54. The molecule has 3 aromatic heterocycles. The SMILES string of the molecule is CC(Oc1ccc2[nH]nc(-c3ccc(N4CCNC(=O)C4)nc3)c2c1)c1c(Cl)cncc1Cl. The number of piperazine rings is 1. The van der Waals surface area contributed by atoms with Gasteiger partial charge in [-0.1, -0.05) is 23.2 Å². The van der Waals surface area contributed by atoms with Crippen LogP contribution in [-0.4, -0.2) is 45.7 Å². The third-order valence-electron chi connectivity index (χ3n) is 5.53. The Hall–Kier alpha value is -3.36. The summed E-state index contributed by atoms with van der Waals surface area (Å²) in [7, 11) is 0. The zero-order chi connectivity index (χ0) is 22.9. The molecule has 8 nitrogen and oxygen atoms in total. The van der Waals surface area contributed by atoms with Crippen LogP contribution in [0.4, 0.5) is 5.82 Å². The average molecular weight is 483 g/mol. The van der Waals surface area contributed by atoms with Crippen molar-refractivity contribution in [3.05, 3.63) is 64.5 Å². The second-order valence-electron chi connectivity index (χ2n) is 7.73. The lowest BCUT2D eigenvalue weighted by molar-refractivity contribution is -0.120. The van der Waals surface area contributed by atoms with E-state index in [0.29, 0.717) is 34.4 Å². The van der Waals surface area contributed by atoms with Crippen LogP contribution in [0.1, 0.15) is 18.6 Å². The van der Waals surface area contributed by atoms with Gasteiger partial charge in [0.1, 0.15) is 23.4 Å². The first kappa shape index (κ1) is 21.5. The van der Waals surface area contributed by atoms with Crippen molar-refractivity contribution in [2.75, 3.05) is 24.5 Å². The molecule has 168 valence electrons. The zero-order valence-electron chi connectivity index (χ0n) is 17.7. The van der Waals surface area contributed by atoms with E-state index in [1.807, 2.05) is 42.2 Å². The molecule has 10 heteroatoms. The molecule has 4 aromatic rings. The maximum atomic E-state index is 11.7. The van der Waals surface area contributed by atoms with Crippen LogP contribution < -0.4 is 15.0 Å². The molecular weight excluding hydrogens is 463 g/mol. The Morgan fingerprint density at radius 3 is 2.67 bits per heavy atom. The predicted octanol–water partition coefficient (Wildman–Crippen LogP) is 4.40. The number of fused-ring (bicyclic) bond motifs is 1. The number of aromatic amines is 1. The second kappa shape index (κ2) is 8.88. The Kier molecular flexibility index (Phi) is 5.78. The lowest BCUT2D eigenvalue weighted by Crippen LogP contribution is -2.48. The van der Waals surface area contributed by atoms with E-state index in [9.17, 15) is 4.79 Å². The summed E-state index contributed by atoms with van der Waals surface area (Å²) >= 11 is 12.6.